The zero-order valence-electron chi connectivity index (χ0n) is 14.1. The van der Waals surface area contributed by atoms with Crippen LogP contribution in [0.2, 0.25) is 10.3 Å². The first kappa shape index (κ1) is 19.7. The van der Waals surface area contributed by atoms with E-state index in [0.29, 0.717) is 30.2 Å². The summed E-state index contributed by atoms with van der Waals surface area (Å²) in [6.07, 6.45) is 6.07. The van der Waals surface area contributed by atoms with Gasteiger partial charge in [0.25, 0.3) is 0 Å². The summed E-state index contributed by atoms with van der Waals surface area (Å²) in [4.78, 5) is 26.0. The Labute approximate surface area is 157 Å². The number of nitriles is 1. The summed E-state index contributed by atoms with van der Waals surface area (Å²) in [6, 6.07) is 2.10. The van der Waals surface area contributed by atoms with Gasteiger partial charge in [0.1, 0.15) is 28.1 Å². The van der Waals surface area contributed by atoms with Crippen LogP contribution < -0.4 is 0 Å². The maximum Gasteiger partial charge on any atom is 0.316 e. The van der Waals surface area contributed by atoms with Gasteiger partial charge in [0, 0.05) is 6.42 Å². The number of esters is 1. The van der Waals surface area contributed by atoms with Crippen molar-refractivity contribution in [2.24, 2.45) is 5.92 Å². The maximum absolute atomic E-state index is 11.0. The summed E-state index contributed by atoms with van der Waals surface area (Å²) < 4.78 is 4.74. The number of hydrogen-bond donors (Lipinski definition) is 0. The van der Waals surface area contributed by atoms with E-state index in [9.17, 15) is 9.59 Å². The summed E-state index contributed by atoms with van der Waals surface area (Å²) in [5, 5.41) is 9.64. The fraction of sp³-hybridized carbons (Fsp3) is 0.556. The van der Waals surface area contributed by atoms with E-state index in [1.807, 2.05) is 0 Å². The zero-order chi connectivity index (χ0) is 18.4. The average molecular weight is 383 g/mol. The highest BCUT2D eigenvalue weighted by molar-refractivity contribution is 6.33. The number of halogens is 2. The van der Waals surface area contributed by atoms with Gasteiger partial charge in [-0.1, -0.05) is 23.2 Å². The van der Waals surface area contributed by atoms with Crippen LogP contribution in [0.3, 0.4) is 0 Å². The van der Waals surface area contributed by atoms with Crippen molar-refractivity contribution < 1.29 is 14.3 Å². The number of hydrogen-bond acceptors (Lipinski definition) is 5. The van der Waals surface area contributed by atoms with E-state index in [2.05, 4.69) is 11.1 Å². The third-order valence-corrected chi connectivity index (χ3v) is 4.99. The molecule has 1 aromatic rings. The van der Waals surface area contributed by atoms with Gasteiger partial charge in [0.05, 0.1) is 12.2 Å². The summed E-state index contributed by atoms with van der Waals surface area (Å²) in [7, 11) is 0. The zero-order valence-corrected chi connectivity index (χ0v) is 15.6. The predicted octanol–water partition coefficient (Wildman–Crippen LogP) is 4.06. The van der Waals surface area contributed by atoms with E-state index in [0.717, 1.165) is 43.2 Å². The normalized spacial score (nSPS) is 18.6. The number of carbonyl (C=O) groups excluding carboxylic acids is 2. The molecule has 0 radical (unpaired) electrons. The molecule has 0 bridgehead atoms. The fourth-order valence-electron chi connectivity index (χ4n) is 3.16. The SMILES string of the molecule is CCOC(=O)C1CCCC1=O.N#Cc1c(Cl)nc(Cl)c2c1CCCC2. The number of ether oxygens (including phenoxy) is 1. The van der Waals surface area contributed by atoms with Crippen molar-refractivity contribution in [1.29, 1.82) is 5.26 Å². The first-order chi connectivity index (χ1) is 12.0. The molecule has 0 N–H and O–H groups in total. The van der Waals surface area contributed by atoms with Gasteiger partial charge in [0.15, 0.2) is 0 Å². The van der Waals surface area contributed by atoms with Crippen LogP contribution in [0, 0.1) is 17.2 Å². The number of rotatable bonds is 2. The molecule has 1 aromatic heterocycles. The Morgan fingerprint density at radius 1 is 1.20 bits per heavy atom. The Morgan fingerprint density at radius 2 is 1.88 bits per heavy atom. The lowest BCUT2D eigenvalue weighted by atomic mass is 9.90. The number of nitrogens with zero attached hydrogens (tertiary/aromatic N) is 2. The molecule has 0 spiro atoms. The van der Waals surface area contributed by atoms with Gasteiger partial charge >= 0.3 is 5.97 Å². The Bertz CT molecular complexity index is 713. The van der Waals surface area contributed by atoms with Crippen LogP contribution >= 0.6 is 23.2 Å². The molecule has 25 heavy (non-hydrogen) atoms. The molecule has 134 valence electrons. The largest absolute Gasteiger partial charge is 0.465 e. The summed E-state index contributed by atoms with van der Waals surface area (Å²) in [6.45, 7) is 2.11. The highest BCUT2D eigenvalue weighted by Gasteiger charge is 2.31. The number of carbonyl (C=O) groups is 2. The van der Waals surface area contributed by atoms with Gasteiger partial charge in [-0.3, -0.25) is 9.59 Å². The lowest BCUT2D eigenvalue weighted by Gasteiger charge is -2.17. The van der Waals surface area contributed by atoms with Crippen molar-refractivity contribution in [3.05, 3.63) is 27.0 Å². The van der Waals surface area contributed by atoms with Crippen molar-refractivity contribution in [1.82, 2.24) is 4.98 Å². The molecule has 1 atom stereocenters. The predicted molar refractivity (Wildman–Crippen MR) is 94.6 cm³/mol. The Hall–Kier alpha value is -1.64. The van der Waals surface area contributed by atoms with Crippen LogP contribution in [0.25, 0.3) is 0 Å². The minimum absolute atomic E-state index is 0.0449. The number of fused-ring (bicyclic) bond motifs is 1. The van der Waals surface area contributed by atoms with Gasteiger partial charge < -0.3 is 4.74 Å². The minimum Gasteiger partial charge on any atom is -0.465 e. The van der Waals surface area contributed by atoms with E-state index in [1.54, 1.807) is 6.92 Å². The highest BCUT2D eigenvalue weighted by Crippen LogP contribution is 2.32. The molecule has 0 aromatic carbocycles. The van der Waals surface area contributed by atoms with Crippen molar-refractivity contribution in [3.63, 3.8) is 0 Å². The fourth-order valence-corrected chi connectivity index (χ4v) is 3.74. The minimum atomic E-state index is -0.449. The third kappa shape index (κ3) is 4.71. The second-order valence-corrected chi connectivity index (χ2v) is 6.72. The van der Waals surface area contributed by atoms with Crippen LogP contribution in [0.5, 0.6) is 0 Å². The van der Waals surface area contributed by atoms with Crippen molar-refractivity contribution in [2.75, 3.05) is 6.61 Å². The van der Waals surface area contributed by atoms with Gasteiger partial charge in [0.2, 0.25) is 0 Å². The van der Waals surface area contributed by atoms with Crippen LogP contribution in [-0.2, 0) is 27.2 Å². The topological polar surface area (TPSA) is 80.0 Å². The van der Waals surface area contributed by atoms with Crippen molar-refractivity contribution in [3.8, 4) is 6.07 Å². The van der Waals surface area contributed by atoms with E-state index < -0.39 is 5.92 Å². The molecule has 2 aliphatic carbocycles. The summed E-state index contributed by atoms with van der Waals surface area (Å²) in [5.41, 5.74) is 2.52. The molecule has 1 fully saturated rings. The second kappa shape index (κ2) is 9.17. The van der Waals surface area contributed by atoms with E-state index in [-0.39, 0.29) is 16.9 Å². The Balaban J connectivity index is 0.000000186. The molecule has 0 saturated heterocycles. The number of Topliss-reactive ketones (excluding diaryl/α,β-unsaturated/α-hetero) is 1. The van der Waals surface area contributed by atoms with Crippen molar-refractivity contribution in [2.45, 2.75) is 51.9 Å². The molecule has 3 rings (SSSR count). The molecular formula is C18H20Cl2N2O3. The molecule has 7 heteroatoms. The molecule has 1 unspecified atom stereocenters. The van der Waals surface area contributed by atoms with Crippen LogP contribution in [0.4, 0.5) is 0 Å². The summed E-state index contributed by atoms with van der Waals surface area (Å²) in [5.74, 6) is -0.742. The first-order valence-corrected chi connectivity index (χ1v) is 9.21. The smallest absolute Gasteiger partial charge is 0.316 e. The molecular weight excluding hydrogens is 363 g/mol. The van der Waals surface area contributed by atoms with Crippen LogP contribution in [0.15, 0.2) is 0 Å². The molecule has 5 nitrogen and oxygen atoms in total. The molecule has 1 heterocycles. The lowest BCUT2D eigenvalue weighted by Crippen LogP contribution is -2.21. The molecule has 0 amide bonds. The monoisotopic (exact) mass is 382 g/mol. The third-order valence-electron chi connectivity index (χ3n) is 4.41. The highest BCUT2D eigenvalue weighted by atomic mass is 35.5. The summed E-state index contributed by atoms with van der Waals surface area (Å²) >= 11 is 11.8. The first-order valence-electron chi connectivity index (χ1n) is 8.45. The van der Waals surface area contributed by atoms with Crippen LogP contribution in [0.1, 0.15) is 55.7 Å². The van der Waals surface area contributed by atoms with Gasteiger partial charge in [-0.05, 0) is 56.6 Å². The molecule has 1 saturated carbocycles. The average Bonchev–Trinajstić information content (AvgIpc) is 3.02. The van der Waals surface area contributed by atoms with E-state index in [1.165, 1.54) is 0 Å². The lowest BCUT2D eigenvalue weighted by molar-refractivity contribution is -0.150. The van der Waals surface area contributed by atoms with Gasteiger partial charge in [-0.2, -0.15) is 5.26 Å². The molecule has 2 aliphatic rings. The quantitative estimate of drug-likeness (QED) is 0.437. The Kier molecular flexibility index (Phi) is 7.22. The van der Waals surface area contributed by atoms with Crippen LogP contribution in [-0.4, -0.2) is 23.3 Å². The number of pyridine rings is 1. The second-order valence-electron chi connectivity index (χ2n) is 6.01. The van der Waals surface area contributed by atoms with Gasteiger partial charge in [-0.15, -0.1) is 0 Å². The van der Waals surface area contributed by atoms with Crippen molar-refractivity contribution >= 4 is 35.0 Å². The number of aromatic nitrogens is 1. The number of ketones is 1. The standard InChI is InChI=1S/C10H8Cl2N2.C8H12O3/c11-9-7-4-2-1-3-6(7)8(5-13)10(12)14-9;1-2-11-8(10)6-4-3-5-7(6)9/h1-4H2;6H,2-5H2,1H3. The van der Waals surface area contributed by atoms with Gasteiger partial charge in [-0.25, -0.2) is 4.98 Å². The molecule has 0 aliphatic heterocycles. The van der Waals surface area contributed by atoms with E-state index in [4.69, 9.17) is 33.2 Å². The Morgan fingerprint density at radius 3 is 2.44 bits per heavy atom. The van der Waals surface area contributed by atoms with E-state index >= 15 is 0 Å². The maximum atomic E-state index is 11.0.